The van der Waals surface area contributed by atoms with Crippen LogP contribution >= 0.6 is 0 Å². The van der Waals surface area contributed by atoms with Crippen LogP contribution in [0, 0.1) is 0 Å². The molecule has 0 aliphatic carbocycles. The highest BCUT2D eigenvalue weighted by molar-refractivity contribution is 6.02. The minimum absolute atomic E-state index is 0.362. The Bertz CT molecular complexity index is 940. The normalized spacial score (nSPS) is 10.2. The molecule has 3 aromatic rings. The third-order valence-electron chi connectivity index (χ3n) is 4.25. The van der Waals surface area contributed by atoms with E-state index < -0.39 is 11.9 Å². The standard InChI is InChI=1S/C22H20N2O4/c1-27-21(25)17-7-3-5-9-19(17)24(16-13-11-15(23)12-14-16)20-10-6-4-8-18(20)22(26)28-2/h3-14H,23H2,1-2H3. The second-order valence-corrected chi connectivity index (χ2v) is 5.94. The number of esters is 2. The molecule has 0 saturated heterocycles. The minimum atomic E-state index is -0.480. The molecule has 0 aromatic heterocycles. The average molecular weight is 376 g/mol. The number of ether oxygens (including phenoxy) is 2. The summed E-state index contributed by atoms with van der Waals surface area (Å²) < 4.78 is 9.88. The lowest BCUT2D eigenvalue weighted by molar-refractivity contribution is 0.0594. The Labute approximate surface area is 163 Å². The summed E-state index contributed by atoms with van der Waals surface area (Å²) >= 11 is 0. The van der Waals surface area contributed by atoms with Crippen LogP contribution in [0.4, 0.5) is 22.7 Å². The topological polar surface area (TPSA) is 81.9 Å². The number of carbonyl (C=O) groups is 2. The number of nitrogens with zero attached hydrogens (tertiary/aromatic N) is 1. The number of nitrogen functional groups attached to an aromatic ring is 1. The van der Waals surface area contributed by atoms with E-state index in [0.29, 0.717) is 28.2 Å². The molecule has 0 aliphatic rings. The van der Waals surface area contributed by atoms with Gasteiger partial charge in [0.2, 0.25) is 0 Å². The van der Waals surface area contributed by atoms with Gasteiger partial charge in [-0.05, 0) is 48.5 Å². The smallest absolute Gasteiger partial charge is 0.339 e. The quantitative estimate of drug-likeness (QED) is 0.528. The van der Waals surface area contributed by atoms with Gasteiger partial charge in [-0.25, -0.2) is 9.59 Å². The largest absolute Gasteiger partial charge is 0.465 e. The number of anilines is 4. The average Bonchev–Trinajstić information content (AvgIpc) is 2.75. The fraction of sp³-hybridized carbons (Fsp3) is 0.0909. The second-order valence-electron chi connectivity index (χ2n) is 5.94. The van der Waals surface area contributed by atoms with Crippen molar-refractivity contribution < 1.29 is 19.1 Å². The number of hydrogen-bond acceptors (Lipinski definition) is 6. The summed E-state index contributed by atoms with van der Waals surface area (Å²) in [6, 6.07) is 21.2. The number of rotatable bonds is 5. The molecule has 0 bridgehead atoms. The highest BCUT2D eigenvalue weighted by Gasteiger charge is 2.24. The Kier molecular flexibility index (Phi) is 5.60. The van der Waals surface area contributed by atoms with E-state index in [2.05, 4.69) is 0 Å². The van der Waals surface area contributed by atoms with Gasteiger partial charge >= 0.3 is 11.9 Å². The maximum Gasteiger partial charge on any atom is 0.339 e. The van der Waals surface area contributed by atoms with Crippen molar-refractivity contribution in [2.24, 2.45) is 0 Å². The molecular formula is C22H20N2O4. The van der Waals surface area contributed by atoms with Crippen LogP contribution in [0.25, 0.3) is 0 Å². The number of methoxy groups -OCH3 is 2. The van der Waals surface area contributed by atoms with Gasteiger partial charge < -0.3 is 20.1 Å². The van der Waals surface area contributed by atoms with Crippen LogP contribution in [0.5, 0.6) is 0 Å². The van der Waals surface area contributed by atoms with Crippen molar-refractivity contribution in [1.29, 1.82) is 0 Å². The molecule has 28 heavy (non-hydrogen) atoms. The van der Waals surface area contributed by atoms with E-state index in [4.69, 9.17) is 15.2 Å². The summed E-state index contributed by atoms with van der Waals surface area (Å²) in [7, 11) is 2.66. The first-order valence-electron chi connectivity index (χ1n) is 8.57. The molecule has 0 atom stereocenters. The predicted molar refractivity (Wildman–Crippen MR) is 108 cm³/mol. The van der Waals surface area contributed by atoms with Crippen LogP contribution < -0.4 is 10.6 Å². The van der Waals surface area contributed by atoms with Gasteiger partial charge in [-0.2, -0.15) is 0 Å². The molecule has 2 N–H and O–H groups in total. The highest BCUT2D eigenvalue weighted by atomic mass is 16.5. The molecule has 0 aliphatic heterocycles. The van der Waals surface area contributed by atoms with Gasteiger partial charge in [0.05, 0.1) is 36.7 Å². The van der Waals surface area contributed by atoms with Gasteiger partial charge in [0, 0.05) is 11.4 Å². The molecule has 3 aromatic carbocycles. The van der Waals surface area contributed by atoms with E-state index in [-0.39, 0.29) is 0 Å². The van der Waals surface area contributed by atoms with Gasteiger partial charge in [-0.1, -0.05) is 24.3 Å². The zero-order chi connectivity index (χ0) is 20.1. The van der Waals surface area contributed by atoms with Crippen molar-refractivity contribution in [3.8, 4) is 0 Å². The molecule has 3 rings (SSSR count). The van der Waals surface area contributed by atoms with Crippen LogP contribution in [-0.2, 0) is 9.47 Å². The Morgan fingerprint density at radius 3 is 1.57 bits per heavy atom. The lowest BCUT2D eigenvalue weighted by atomic mass is 10.1. The van der Waals surface area contributed by atoms with Crippen molar-refractivity contribution in [2.45, 2.75) is 0 Å². The van der Waals surface area contributed by atoms with Gasteiger partial charge in [-0.15, -0.1) is 0 Å². The maximum absolute atomic E-state index is 12.4. The Hall–Kier alpha value is -3.80. The maximum atomic E-state index is 12.4. The third-order valence-corrected chi connectivity index (χ3v) is 4.25. The Morgan fingerprint density at radius 2 is 1.14 bits per heavy atom. The number of benzene rings is 3. The van der Waals surface area contributed by atoms with Crippen molar-refractivity contribution in [2.75, 3.05) is 24.9 Å². The summed E-state index contributed by atoms with van der Waals surface area (Å²) in [5.74, 6) is -0.960. The zero-order valence-corrected chi connectivity index (χ0v) is 15.6. The molecular weight excluding hydrogens is 356 g/mol. The lowest BCUT2D eigenvalue weighted by Crippen LogP contribution is -2.18. The van der Waals surface area contributed by atoms with Gasteiger partial charge in [0.15, 0.2) is 0 Å². The Morgan fingerprint density at radius 1 is 0.714 bits per heavy atom. The fourth-order valence-electron chi connectivity index (χ4n) is 2.93. The van der Waals surface area contributed by atoms with Crippen LogP contribution in [-0.4, -0.2) is 26.2 Å². The summed E-state index contributed by atoms with van der Waals surface area (Å²) in [6.07, 6.45) is 0. The molecule has 0 amide bonds. The van der Waals surface area contributed by atoms with E-state index >= 15 is 0 Å². The van der Waals surface area contributed by atoms with Crippen LogP contribution in [0.2, 0.25) is 0 Å². The van der Waals surface area contributed by atoms with Crippen molar-refractivity contribution in [1.82, 2.24) is 0 Å². The molecule has 0 saturated carbocycles. The second kappa shape index (κ2) is 8.26. The van der Waals surface area contributed by atoms with Crippen LogP contribution in [0.15, 0.2) is 72.8 Å². The fourth-order valence-corrected chi connectivity index (χ4v) is 2.93. The highest BCUT2D eigenvalue weighted by Crippen LogP contribution is 2.39. The molecule has 0 heterocycles. The summed E-state index contributed by atoms with van der Waals surface area (Å²) in [6.45, 7) is 0. The summed E-state index contributed by atoms with van der Waals surface area (Å²) in [5, 5.41) is 0. The monoisotopic (exact) mass is 376 g/mol. The first kappa shape index (κ1) is 19.0. The number of carbonyl (C=O) groups excluding carboxylic acids is 2. The molecule has 6 heteroatoms. The minimum Gasteiger partial charge on any atom is -0.465 e. The third kappa shape index (κ3) is 3.66. The van der Waals surface area contributed by atoms with Crippen molar-refractivity contribution >= 4 is 34.7 Å². The molecule has 0 spiro atoms. The lowest BCUT2D eigenvalue weighted by Gasteiger charge is -2.28. The van der Waals surface area contributed by atoms with Crippen LogP contribution in [0.1, 0.15) is 20.7 Å². The summed E-state index contributed by atoms with van der Waals surface area (Å²) in [4.78, 5) is 26.5. The van der Waals surface area contributed by atoms with Gasteiger partial charge in [0.1, 0.15) is 0 Å². The number of hydrogen-bond donors (Lipinski definition) is 1. The molecule has 0 unspecified atom stereocenters. The molecule has 142 valence electrons. The van der Waals surface area contributed by atoms with Crippen molar-refractivity contribution in [3.05, 3.63) is 83.9 Å². The first-order valence-corrected chi connectivity index (χ1v) is 8.57. The van der Waals surface area contributed by atoms with E-state index in [1.165, 1.54) is 14.2 Å². The van der Waals surface area contributed by atoms with E-state index in [9.17, 15) is 9.59 Å². The number of para-hydroxylation sites is 2. The van der Waals surface area contributed by atoms with E-state index in [0.717, 1.165) is 5.69 Å². The molecule has 0 fully saturated rings. The van der Waals surface area contributed by atoms with Crippen molar-refractivity contribution in [3.63, 3.8) is 0 Å². The summed E-state index contributed by atoms with van der Waals surface area (Å²) in [5.41, 5.74) is 9.02. The van der Waals surface area contributed by atoms with Gasteiger partial charge in [0.25, 0.3) is 0 Å². The number of nitrogens with two attached hydrogens (primary N) is 1. The molecule has 0 radical (unpaired) electrons. The predicted octanol–water partition coefficient (Wildman–Crippen LogP) is 4.31. The van der Waals surface area contributed by atoms with E-state index in [1.54, 1.807) is 53.4 Å². The first-order chi connectivity index (χ1) is 13.6. The van der Waals surface area contributed by atoms with Crippen LogP contribution in [0.3, 0.4) is 0 Å². The van der Waals surface area contributed by atoms with E-state index in [1.807, 2.05) is 24.3 Å². The Balaban J connectivity index is 2.29. The zero-order valence-electron chi connectivity index (χ0n) is 15.6. The molecule has 6 nitrogen and oxygen atoms in total. The SMILES string of the molecule is COC(=O)c1ccccc1N(c1ccc(N)cc1)c1ccccc1C(=O)OC. The van der Waals surface area contributed by atoms with Gasteiger partial charge in [-0.3, -0.25) is 0 Å².